The molecule has 1 aromatic rings. The minimum atomic E-state index is -0.284. The van der Waals surface area contributed by atoms with Crippen LogP contribution in [0.3, 0.4) is 0 Å². The van der Waals surface area contributed by atoms with Gasteiger partial charge in [-0.05, 0) is 17.7 Å². The molecule has 0 spiro atoms. The molecule has 0 bridgehead atoms. The van der Waals surface area contributed by atoms with Gasteiger partial charge >= 0.3 is 0 Å². The van der Waals surface area contributed by atoms with Crippen LogP contribution in [-0.2, 0) is 11.2 Å². The van der Waals surface area contributed by atoms with Gasteiger partial charge in [-0.25, -0.2) is 4.39 Å². The van der Waals surface area contributed by atoms with Crippen molar-refractivity contribution in [2.75, 3.05) is 5.75 Å². The first-order valence-corrected chi connectivity index (χ1v) is 8.99. The quantitative estimate of drug-likeness (QED) is 0.796. The Hall–Kier alpha value is -0.000000000000000111. The minimum Gasteiger partial charge on any atom is -0.298 e. The lowest BCUT2D eigenvalue weighted by molar-refractivity contribution is -0.117. The molecule has 1 saturated heterocycles. The molecule has 1 aliphatic rings. The molecule has 104 valence electrons. The smallest absolute Gasteiger partial charge is 0.151 e. The van der Waals surface area contributed by atoms with Crippen LogP contribution < -0.4 is 0 Å². The molecule has 3 unspecified atom stereocenters. The number of rotatable bonds is 3. The van der Waals surface area contributed by atoms with Gasteiger partial charge < -0.3 is 0 Å². The average molecular weight is 363 g/mol. The Morgan fingerprint density at radius 2 is 2.16 bits per heavy atom. The van der Waals surface area contributed by atoms with Gasteiger partial charge in [0.25, 0.3) is 0 Å². The first-order valence-electron chi connectivity index (χ1n) is 6.21. The van der Waals surface area contributed by atoms with Gasteiger partial charge in [0.15, 0.2) is 5.78 Å². The number of hydrogen-bond donors (Lipinski definition) is 0. The first-order chi connectivity index (χ1) is 8.97. The lowest BCUT2D eigenvalue weighted by Crippen LogP contribution is -2.32. The predicted molar refractivity (Wildman–Crippen MR) is 85.6 cm³/mol. The van der Waals surface area contributed by atoms with E-state index in [9.17, 15) is 9.18 Å². The second-order valence-corrected chi connectivity index (χ2v) is 8.60. The predicted octanol–water partition coefficient (Wildman–Crippen LogP) is 4.33. The fourth-order valence-corrected chi connectivity index (χ4v) is 5.30. The molecule has 1 nitrogen and oxygen atoms in total. The lowest BCUT2D eigenvalue weighted by Gasteiger charge is -2.30. The summed E-state index contributed by atoms with van der Waals surface area (Å²) in [6.07, 6.45) is 0.375. The zero-order valence-corrected chi connectivity index (χ0v) is 14.1. The molecule has 0 radical (unpaired) electrons. The minimum absolute atomic E-state index is 0.0631. The number of hydrogen-bond acceptors (Lipinski definition) is 3. The van der Waals surface area contributed by atoms with Crippen molar-refractivity contribution < 1.29 is 9.18 Å². The molecular formula is C14H16BrFOS2. The molecule has 1 aromatic carbocycles. The van der Waals surface area contributed by atoms with Crippen molar-refractivity contribution >= 4 is 45.2 Å². The van der Waals surface area contributed by atoms with Gasteiger partial charge in [-0.3, -0.25) is 4.79 Å². The normalized spacial score (nSPS) is 27.3. The van der Waals surface area contributed by atoms with Crippen LogP contribution in [0, 0.1) is 5.82 Å². The van der Waals surface area contributed by atoms with Crippen LogP contribution in [0.2, 0.25) is 0 Å². The van der Waals surface area contributed by atoms with E-state index in [0.29, 0.717) is 21.4 Å². The van der Waals surface area contributed by atoms with Crippen molar-refractivity contribution in [1.29, 1.82) is 0 Å². The maximum atomic E-state index is 13.0. The maximum Gasteiger partial charge on any atom is 0.151 e. The van der Waals surface area contributed by atoms with Gasteiger partial charge in [0.1, 0.15) is 5.82 Å². The summed E-state index contributed by atoms with van der Waals surface area (Å²) in [4.78, 5) is 12.3. The van der Waals surface area contributed by atoms with Gasteiger partial charge in [0.05, 0.1) is 5.25 Å². The van der Waals surface area contributed by atoms with E-state index in [4.69, 9.17) is 0 Å². The van der Waals surface area contributed by atoms with Crippen molar-refractivity contribution in [2.45, 2.75) is 36.0 Å². The summed E-state index contributed by atoms with van der Waals surface area (Å²) in [7, 11) is 0. The fraction of sp³-hybridized carbons (Fsp3) is 0.500. The second-order valence-electron chi connectivity index (χ2n) is 4.75. The summed E-state index contributed by atoms with van der Waals surface area (Å²) in [6.45, 7) is 4.38. The molecule has 0 N–H and O–H groups in total. The first kappa shape index (κ1) is 15.4. The van der Waals surface area contributed by atoms with Gasteiger partial charge in [0.2, 0.25) is 0 Å². The number of benzene rings is 1. The van der Waals surface area contributed by atoms with Gasteiger partial charge in [0, 0.05) is 27.1 Å². The summed E-state index contributed by atoms with van der Waals surface area (Å²) < 4.78 is 13.7. The van der Waals surface area contributed by atoms with E-state index < -0.39 is 0 Å². The number of ketones is 1. The lowest BCUT2D eigenvalue weighted by atomic mass is 10.1. The van der Waals surface area contributed by atoms with E-state index >= 15 is 0 Å². The van der Waals surface area contributed by atoms with Crippen LogP contribution >= 0.6 is 39.5 Å². The molecule has 0 aromatic heterocycles. The average Bonchev–Trinajstić information content (AvgIpc) is 2.36. The Morgan fingerprint density at radius 1 is 1.42 bits per heavy atom. The third-order valence-electron chi connectivity index (χ3n) is 3.29. The molecule has 0 aliphatic carbocycles. The monoisotopic (exact) mass is 362 g/mol. The molecule has 0 amide bonds. The molecule has 1 aliphatic heterocycles. The molecule has 19 heavy (non-hydrogen) atoms. The third kappa shape index (κ3) is 3.99. The number of halogens is 2. The topological polar surface area (TPSA) is 17.1 Å². The highest BCUT2D eigenvalue weighted by molar-refractivity contribution is 9.10. The van der Waals surface area contributed by atoms with Crippen LogP contribution in [0.15, 0.2) is 22.7 Å². The van der Waals surface area contributed by atoms with Gasteiger partial charge in [-0.2, -0.15) is 11.8 Å². The Morgan fingerprint density at radius 3 is 2.79 bits per heavy atom. The number of thioether (sulfide) groups is 2. The van der Waals surface area contributed by atoms with E-state index in [0.717, 1.165) is 11.3 Å². The van der Waals surface area contributed by atoms with Crippen molar-refractivity contribution in [3.63, 3.8) is 0 Å². The van der Waals surface area contributed by atoms with Crippen LogP contribution in [0.5, 0.6) is 0 Å². The van der Waals surface area contributed by atoms with E-state index in [2.05, 4.69) is 29.8 Å². The second kappa shape index (κ2) is 6.64. The third-order valence-corrected chi connectivity index (χ3v) is 7.47. The molecule has 3 atom stereocenters. The van der Waals surface area contributed by atoms with Crippen LogP contribution in [-0.4, -0.2) is 27.3 Å². The highest BCUT2D eigenvalue weighted by Gasteiger charge is 2.30. The molecule has 1 heterocycles. The highest BCUT2D eigenvalue weighted by atomic mass is 79.9. The molecule has 1 fully saturated rings. The van der Waals surface area contributed by atoms with Crippen LogP contribution in [0.25, 0.3) is 0 Å². The van der Waals surface area contributed by atoms with Gasteiger partial charge in [-0.1, -0.05) is 35.8 Å². The summed E-state index contributed by atoms with van der Waals surface area (Å²) >= 11 is 6.95. The van der Waals surface area contributed by atoms with Crippen molar-refractivity contribution in [2.24, 2.45) is 0 Å². The Labute approximate surface area is 130 Å². The van der Waals surface area contributed by atoms with E-state index in [1.807, 2.05) is 11.8 Å². The standard InChI is InChI=1S/C14H16BrFOS2/c1-8-9(2)19-14(7-18-8)13(17)5-10-3-4-11(16)6-12(10)15/h3-4,6,8-9,14H,5,7H2,1-2H3. The SMILES string of the molecule is CC1SCC(C(=O)Cc2ccc(F)cc2Br)SC1C. The Balaban J connectivity index is 2.01. The number of Topliss-reactive ketones (excluding diaryl/α,β-unsaturated/α-hetero) is 1. The Bertz CT molecular complexity index is 481. The van der Waals surface area contributed by atoms with Crippen molar-refractivity contribution in [1.82, 2.24) is 0 Å². The summed E-state index contributed by atoms with van der Waals surface area (Å²) in [5, 5.41) is 1.17. The summed E-state index contributed by atoms with van der Waals surface area (Å²) in [5.74, 6) is 0.838. The zero-order chi connectivity index (χ0) is 14.0. The largest absolute Gasteiger partial charge is 0.298 e. The molecule has 0 saturated carbocycles. The van der Waals surface area contributed by atoms with E-state index in [-0.39, 0.29) is 16.9 Å². The maximum absolute atomic E-state index is 13.0. The highest BCUT2D eigenvalue weighted by Crippen LogP contribution is 2.36. The van der Waals surface area contributed by atoms with Crippen LogP contribution in [0.1, 0.15) is 19.4 Å². The molecule has 2 rings (SSSR count). The van der Waals surface area contributed by atoms with E-state index in [1.54, 1.807) is 17.8 Å². The number of carbonyl (C=O) groups is 1. The van der Waals surface area contributed by atoms with Crippen molar-refractivity contribution in [3.8, 4) is 0 Å². The zero-order valence-electron chi connectivity index (χ0n) is 10.9. The van der Waals surface area contributed by atoms with Crippen molar-refractivity contribution in [3.05, 3.63) is 34.1 Å². The Kier molecular flexibility index (Phi) is 5.37. The molecular weight excluding hydrogens is 347 g/mol. The van der Waals surface area contributed by atoms with Gasteiger partial charge in [-0.15, -0.1) is 11.8 Å². The summed E-state index contributed by atoms with van der Waals surface area (Å²) in [6, 6.07) is 4.50. The van der Waals surface area contributed by atoms with E-state index in [1.165, 1.54) is 12.1 Å². The van der Waals surface area contributed by atoms with Crippen LogP contribution in [0.4, 0.5) is 4.39 Å². The number of carbonyl (C=O) groups excluding carboxylic acids is 1. The molecule has 5 heteroatoms. The fourth-order valence-electron chi connectivity index (χ4n) is 1.92. The summed E-state index contributed by atoms with van der Waals surface area (Å²) in [5.41, 5.74) is 0.864.